The van der Waals surface area contributed by atoms with Crippen LogP contribution in [0.1, 0.15) is 12.8 Å². The number of para-hydroxylation sites is 2. The van der Waals surface area contributed by atoms with E-state index in [1.807, 2.05) is 0 Å². The lowest BCUT2D eigenvalue weighted by Gasteiger charge is -2.30. The second kappa shape index (κ2) is 8.49. The third kappa shape index (κ3) is 3.20. The van der Waals surface area contributed by atoms with Crippen molar-refractivity contribution in [2.24, 2.45) is 5.92 Å². The quantitative estimate of drug-likeness (QED) is 0.246. The summed E-state index contributed by atoms with van der Waals surface area (Å²) in [5, 5.41) is 2.59. The zero-order chi connectivity index (χ0) is 25.1. The maximum absolute atomic E-state index is 2.53. The second-order valence-electron chi connectivity index (χ2n) is 10.5. The van der Waals surface area contributed by atoms with E-state index in [0.717, 1.165) is 12.8 Å². The fourth-order valence-corrected chi connectivity index (χ4v) is 6.70. The van der Waals surface area contributed by atoms with Crippen molar-refractivity contribution < 1.29 is 0 Å². The first kappa shape index (κ1) is 21.5. The van der Waals surface area contributed by atoms with E-state index in [2.05, 4.69) is 143 Å². The minimum Gasteiger partial charge on any atom is -0.334 e. The topological polar surface area (TPSA) is 8.17 Å². The summed E-state index contributed by atoms with van der Waals surface area (Å²) >= 11 is 0. The second-order valence-corrected chi connectivity index (χ2v) is 10.5. The number of hydrogen-bond acceptors (Lipinski definition) is 1. The summed E-state index contributed by atoms with van der Waals surface area (Å²) in [5.41, 5.74) is 10.4. The lowest BCUT2D eigenvalue weighted by molar-refractivity contribution is 0.658. The van der Waals surface area contributed by atoms with E-state index in [4.69, 9.17) is 0 Å². The van der Waals surface area contributed by atoms with Crippen molar-refractivity contribution in [3.05, 3.63) is 145 Å². The van der Waals surface area contributed by atoms with Gasteiger partial charge in [-0.1, -0.05) is 91.0 Å². The maximum atomic E-state index is 2.53. The lowest BCUT2D eigenvalue weighted by atomic mass is 9.87. The third-order valence-corrected chi connectivity index (χ3v) is 8.44. The molecule has 38 heavy (non-hydrogen) atoms. The Labute approximate surface area is 223 Å². The van der Waals surface area contributed by atoms with Gasteiger partial charge < -0.3 is 9.47 Å². The van der Waals surface area contributed by atoms with Crippen LogP contribution in [0.4, 0.5) is 5.69 Å². The zero-order valence-corrected chi connectivity index (χ0v) is 21.2. The van der Waals surface area contributed by atoms with Crippen LogP contribution in [-0.2, 0) is 0 Å². The van der Waals surface area contributed by atoms with Crippen molar-refractivity contribution in [1.29, 1.82) is 0 Å². The molecule has 2 nitrogen and oxygen atoms in total. The van der Waals surface area contributed by atoms with E-state index >= 15 is 0 Å². The van der Waals surface area contributed by atoms with E-state index in [1.54, 1.807) is 5.57 Å². The highest BCUT2D eigenvalue weighted by atomic mass is 15.2. The Morgan fingerprint density at radius 3 is 1.89 bits per heavy atom. The Hall–Kier alpha value is -4.56. The number of rotatable bonds is 3. The smallest absolute Gasteiger partial charge is 0.0626 e. The number of fused-ring (bicyclic) bond motifs is 5. The van der Waals surface area contributed by atoms with Crippen LogP contribution in [0.15, 0.2) is 145 Å². The van der Waals surface area contributed by atoms with Crippen LogP contribution in [0.2, 0.25) is 0 Å². The first-order valence-corrected chi connectivity index (χ1v) is 13.6. The Balaban J connectivity index is 1.13. The van der Waals surface area contributed by atoms with Gasteiger partial charge in [-0.2, -0.15) is 0 Å². The molecule has 0 N–H and O–H groups in total. The molecule has 182 valence electrons. The molecule has 2 aliphatic carbocycles. The molecule has 1 aliphatic heterocycles. The molecule has 0 spiro atoms. The average Bonchev–Trinajstić information content (AvgIpc) is 3.51. The molecule has 2 heteroatoms. The third-order valence-electron chi connectivity index (χ3n) is 8.44. The first-order valence-electron chi connectivity index (χ1n) is 13.6. The van der Waals surface area contributed by atoms with Crippen LogP contribution >= 0.6 is 0 Å². The van der Waals surface area contributed by atoms with Crippen molar-refractivity contribution in [1.82, 2.24) is 4.57 Å². The van der Waals surface area contributed by atoms with Crippen molar-refractivity contribution in [2.75, 3.05) is 4.90 Å². The van der Waals surface area contributed by atoms with Gasteiger partial charge in [0.1, 0.15) is 0 Å². The molecule has 2 heterocycles. The van der Waals surface area contributed by atoms with Gasteiger partial charge >= 0.3 is 0 Å². The molecule has 4 aromatic carbocycles. The highest BCUT2D eigenvalue weighted by molar-refractivity contribution is 6.09. The SMILES string of the molecule is C1=CC2C3=C(C=CCC3)N(c3ccc(-c4ccc(-n5c6ccccc6c6ccccc65)cc4)cc3)[C@H]2C=C1. The molecule has 5 aromatic rings. The van der Waals surface area contributed by atoms with Gasteiger partial charge in [0, 0.05) is 33.8 Å². The highest BCUT2D eigenvalue weighted by Gasteiger charge is 2.38. The van der Waals surface area contributed by atoms with E-state index in [-0.39, 0.29) is 0 Å². The molecule has 0 fully saturated rings. The summed E-state index contributed by atoms with van der Waals surface area (Å²) in [4.78, 5) is 2.53. The maximum Gasteiger partial charge on any atom is 0.0626 e. The fraction of sp³-hybridized carbons (Fsp3) is 0.111. The summed E-state index contributed by atoms with van der Waals surface area (Å²) in [5.74, 6) is 0.494. The fourth-order valence-electron chi connectivity index (χ4n) is 6.70. The summed E-state index contributed by atoms with van der Waals surface area (Å²) in [6.07, 6.45) is 16.1. The highest BCUT2D eigenvalue weighted by Crippen LogP contribution is 2.45. The van der Waals surface area contributed by atoms with Crippen molar-refractivity contribution >= 4 is 27.5 Å². The summed E-state index contributed by atoms with van der Waals surface area (Å²) in [7, 11) is 0. The molecule has 0 saturated carbocycles. The number of hydrogen-bond donors (Lipinski definition) is 0. The molecule has 3 aliphatic rings. The zero-order valence-electron chi connectivity index (χ0n) is 21.2. The Bertz CT molecular complexity index is 1760. The van der Waals surface area contributed by atoms with Crippen LogP contribution in [0, 0.1) is 5.92 Å². The van der Waals surface area contributed by atoms with Gasteiger partial charge in [-0.15, -0.1) is 0 Å². The van der Waals surface area contributed by atoms with E-state index in [9.17, 15) is 0 Å². The molecule has 0 radical (unpaired) electrons. The van der Waals surface area contributed by atoms with Crippen molar-refractivity contribution in [2.45, 2.75) is 18.9 Å². The van der Waals surface area contributed by atoms with Gasteiger partial charge in [0.05, 0.1) is 17.1 Å². The van der Waals surface area contributed by atoms with E-state index in [0.29, 0.717) is 12.0 Å². The van der Waals surface area contributed by atoms with Gasteiger partial charge in [-0.3, -0.25) is 0 Å². The predicted molar refractivity (Wildman–Crippen MR) is 160 cm³/mol. The summed E-state index contributed by atoms with van der Waals surface area (Å²) in [6.45, 7) is 0. The van der Waals surface area contributed by atoms with Gasteiger partial charge in [-0.05, 0) is 72.0 Å². The summed E-state index contributed by atoms with van der Waals surface area (Å²) in [6, 6.07) is 35.8. The van der Waals surface area contributed by atoms with Crippen LogP contribution < -0.4 is 4.90 Å². The number of nitrogens with zero attached hydrogens (tertiary/aromatic N) is 2. The molecule has 0 bridgehead atoms. The van der Waals surface area contributed by atoms with Crippen LogP contribution in [0.5, 0.6) is 0 Å². The average molecular weight is 489 g/mol. The minimum absolute atomic E-state index is 0.379. The number of allylic oxidation sites excluding steroid dienone is 4. The van der Waals surface area contributed by atoms with Crippen molar-refractivity contribution in [3.8, 4) is 16.8 Å². The molecular formula is C36H28N2. The standard InChI is InChI=1S/C36H28N2/c1-5-13-33-29(9-1)30-10-2-6-14-34(30)37(33)27-21-17-25(18-22-27)26-19-23-28(24-20-26)38-35-15-7-3-11-31(35)32-12-4-8-16-36(32)38/h1-3,5-11,13-24,31,35H,4,12H2/t31?,35-/m0/s1. The largest absolute Gasteiger partial charge is 0.334 e. The monoisotopic (exact) mass is 488 g/mol. The van der Waals surface area contributed by atoms with Crippen LogP contribution in [-0.4, -0.2) is 10.6 Å². The van der Waals surface area contributed by atoms with Gasteiger partial charge in [0.25, 0.3) is 0 Å². The molecular weight excluding hydrogens is 460 g/mol. The first-order chi connectivity index (χ1) is 18.9. The Morgan fingerprint density at radius 2 is 1.21 bits per heavy atom. The number of anilines is 1. The molecule has 2 atom stereocenters. The lowest BCUT2D eigenvalue weighted by Crippen LogP contribution is -2.32. The Morgan fingerprint density at radius 1 is 0.605 bits per heavy atom. The molecule has 1 aromatic heterocycles. The number of aromatic nitrogens is 1. The van der Waals surface area contributed by atoms with Gasteiger partial charge in [0.2, 0.25) is 0 Å². The molecule has 0 saturated heterocycles. The van der Waals surface area contributed by atoms with Crippen LogP contribution in [0.3, 0.4) is 0 Å². The van der Waals surface area contributed by atoms with E-state index < -0.39 is 0 Å². The van der Waals surface area contributed by atoms with Gasteiger partial charge in [-0.25, -0.2) is 0 Å². The van der Waals surface area contributed by atoms with Gasteiger partial charge in [0.15, 0.2) is 0 Å². The molecule has 8 rings (SSSR count). The minimum atomic E-state index is 0.379. The molecule has 0 amide bonds. The summed E-state index contributed by atoms with van der Waals surface area (Å²) < 4.78 is 2.37. The Kier molecular flexibility index (Phi) is 4.81. The van der Waals surface area contributed by atoms with Crippen molar-refractivity contribution in [3.63, 3.8) is 0 Å². The predicted octanol–water partition coefficient (Wildman–Crippen LogP) is 8.99. The van der Waals surface area contributed by atoms with Crippen LogP contribution in [0.25, 0.3) is 38.6 Å². The molecule has 1 unspecified atom stereocenters. The normalized spacial score (nSPS) is 19.9. The number of benzene rings is 4. The van der Waals surface area contributed by atoms with E-state index in [1.165, 1.54) is 50.0 Å².